The smallest absolute Gasteiger partial charge is 0.195 e. The lowest BCUT2D eigenvalue weighted by Crippen LogP contribution is -2.02. The van der Waals surface area contributed by atoms with Gasteiger partial charge in [-0.05, 0) is 54.0 Å². The SMILES string of the molecule is Cc1cc(C(=O)c2ccc(F)cc2Br)c(C)s1. The number of benzene rings is 1. The van der Waals surface area contributed by atoms with Gasteiger partial charge in [-0.15, -0.1) is 11.3 Å². The predicted molar refractivity (Wildman–Crippen MR) is 71.3 cm³/mol. The Balaban J connectivity index is 2.47. The van der Waals surface area contributed by atoms with Crippen LogP contribution in [0.5, 0.6) is 0 Å². The molecule has 17 heavy (non-hydrogen) atoms. The second kappa shape index (κ2) is 4.70. The highest BCUT2D eigenvalue weighted by Gasteiger charge is 2.16. The van der Waals surface area contributed by atoms with Crippen LogP contribution in [0, 0.1) is 19.7 Å². The van der Waals surface area contributed by atoms with Crippen molar-refractivity contribution in [2.45, 2.75) is 13.8 Å². The van der Waals surface area contributed by atoms with Crippen LogP contribution in [0.2, 0.25) is 0 Å². The number of ketones is 1. The van der Waals surface area contributed by atoms with Crippen LogP contribution < -0.4 is 0 Å². The third kappa shape index (κ3) is 2.48. The molecule has 0 amide bonds. The number of aryl methyl sites for hydroxylation is 2. The highest BCUT2D eigenvalue weighted by Crippen LogP contribution is 2.26. The van der Waals surface area contributed by atoms with Gasteiger partial charge >= 0.3 is 0 Å². The van der Waals surface area contributed by atoms with Crippen molar-refractivity contribution in [3.63, 3.8) is 0 Å². The van der Waals surface area contributed by atoms with Crippen LogP contribution in [0.15, 0.2) is 28.7 Å². The Morgan fingerprint density at radius 2 is 1.94 bits per heavy atom. The summed E-state index contributed by atoms with van der Waals surface area (Å²) in [5, 5.41) is 0. The lowest BCUT2D eigenvalue weighted by Gasteiger charge is -2.03. The molecule has 1 aromatic carbocycles. The molecule has 0 unspecified atom stereocenters. The zero-order chi connectivity index (χ0) is 12.6. The van der Waals surface area contributed by atoms with Crippen LogP contribution in [0.3, 0.4) is 0 Å². The van der Waals surface area contributed by atoms with Crippen molar-refractivity contribution in [3.8, 4) is 0 Å². The van der Waals surface area contributed by atoms with Crippen molar-refractivity contribution in [1.29, 1.82) is 0 Å². The molecule has 0 aliphatic carbocycles. The average molecular weight is 313 g/mol. The number of hydrogen-bond donors (Lipinski definition) is 0. The Kier molecular flexibility index (Phi) is 3.45. The Bertz CT molecular complexity index is 589. The molecule has 0 saturated carbocycles. The molecule has 2 aromatic rings. The molecule has 1 heterocycles. The summed E-state index contributed by atoms with van der Waals surface area (Å²) < 4.78 is 13.4. The van der Waals surface area contributed by atoms with Crippen molar-refractivity contribution in [3.05, 3.63) is 55.4 Å². The fourth-order valence-electron chi connectivity index (χ4n) is 1.67. The van der Waals surface area contributed by atoms with Crippen LogP contribution in [0.4, 0.5) is 4.39 Å². The number of rotatable bonds is 2. The molecule has 0 N–H and O–H groups in total. The van der Waals surface area contributed by atoms with Gasteiger partial charge in [0.2, 0.25) is 0 Å². The molecule has 0 aliphatic heterocycles. The summed E-state index contributed by atoms with van der Waals surface area (Å²) in [6, 6.07) is 5.99. The topological polar surface area (TPSA) is 17.1 Å². The number of carbonyl (C=O) groups excluding carboxylic acids is 1. The Hall–Kier alpha value is -1.000. The third-order valence-corrected chi connectivity index (χ3v) is 4.08. The van der Waals surface area contributed by atoms with Crippen molar-refractivity contribution in [1.82, 2.24) is 0 Å². The van der Waals surface area contributed by atoms with E-state index in [0.29, 0.717) is 15.6 Å². The maximum atomic E-state index is 13.0. The largest absolute Gasteiger partial charge is 0.289 e. The first-order valence-electron chi connectivity index (χ1n) is 5.06. The van der Waals surface area contributed by atoms with Gasteiger partial charge in [-0.3, -0.25) is 4.79 Å². The van der Waals surface area contributed by atoms with Gasteiger partial charge in [0.1, 0.15) is 5.82 Å². The third-order valence-electron chi connectivity index (χ3n) is 2.46. The molecule has 88 valence electrons. The van der Waals surface area contributed by atoms with Crippen molar-refractivity contribution >= 4 is 33.0 Å². The van der Waals surface area contributed by atoms with Crippen LogP contribution in [0.25, 0.3) is 0 Å². The van der Waals surface area contributed by atoms with Crippen LogP contribution in [-0.2, 0) is 0 Å². The van der Waals surface area contributed by atoms with Gasteiger partial charge in [0.05, 0.1) is 0 Å². The highest BCUT2D eigenvalue weighted by molar-refractivity contribution is 9.10. The summed E-state index contributed by atoms with van der Waals surface area (Å²) in [6.07, 6.45) is 0. The molecular weight excluding hydrogens is 303 g/mol. The zero-order valence-electron chi connectivity index (χ0n) is 9.38. The molecule has 0 atom stereocenters. The molecule has 1 nitrogen and oxygen atoms in total. The lowest BCUT2D eigenvalue weighted by molar-refractivity contribution is 0.103. The highest BCUT2D eigenvalue weighted by atomic mass is 79.9. The molecule has 2 rings (SSSR count). The first kappa shape index (κ1) is 12.5. The minimum absolute atomic E-state index is 0.0706. The molecule has 1 aromatic heterocycles. The number of halogens is 2. The van der Waals surface area contributed by atoms with E-state index >= 15 is 0 Å². The van der Waals surface area contributed by atoms with Gasteiger partial charge < -0.3 is 0 Å². The van der Waals surface area contributed by atoms with Gasteiger partial charge in [0, 0.05) is 25.4 Å². The quantitative estimate of drug-likeness (QED) is 0.746. The average Bonchev–Trinajstić information content (AvgIpc) is 2.57. The number of hydrogen-bond acceptors (Lipinski definition) is 2. The molecule has 0 bridgehead atoms. The maximum absolute atomic E-state index is 13.0. The van der Waals surface area contributed by atoms with Crippen LogP contribution in [0.1, 0.15) is 25.7 Å². The normalized spacial score (nSPS) is 10.6. The van der Waals surface area contributed by atoms with Crippen molar-refractivity contribution in [2.24, 2.45) is 0 Å². The molecule has 0 spiro atoms. The minimum Gasteiger partial charge on any atom is -0.289 e. The summed E-state index contributed by atoms with van der Waals surface area (Å²) in [5.74, 6) is -0.426. The minimum atomic E-state index is -0.355. The zero-order valence-corrected chi connectivity index (χ0v) is 11.8. The van der Waals surface area contributed by atoms with Crippen molar-refractivity contribution in [2.75, 3.05) is 0 Å². The second-order valence-electron chi connectivity index (χ2n) is 3.78. The van der Waals surface area contributed by atoms with Gasteiger partial charge in [0.25, 0.3) is 0 Å². The molecular formula is C13H10BrFOS. The molecule has 0 aliphatic rings. The van der Waals surface area contributed by atoms with E-state index in [9.17, 15) is 9.18 Å². The van der Waals surface area contributed by atoms with Crippen LogP contribution in [-0.4, -0.2) is 5.78 Å². The predicted octanol–water partition coefficient (Wildman–Crippen LogP) is 4.50. The van der Waals surface area contributed by atoms with E-state index in [0.717, 1.165) is 9.75 Å². The van der Waals surface area contributed by atoms with E-state index in [-0.39, 0.29) is 11.6 Å². The Morgan fingerprint density at radius 1 is 1.24 bits per heavy atom. The molecule has 0 radical (unpaired) electrons. The van der Waals surface area contributed by atoms with Crippen LogP contribution >= 0.6 is 27.3 Å². The first-order chi connectivity index (χ1) is 7.99. The van der Waals surface area contributed by atoms with E-state index in [1.54, 1.807) is 11.3 Å². The summed E-state index contributed by atoms with van der Waals surface area (Å²) >= 11 is 4.81. The second-order valence-corrected chi connectivity index (χ2v) is 6.09. The van der Waals surface area contributed by atoms with Gasteiger partial charge in [-0.1, -0.05) is 0 Å². The van der Waals surface area contributed by atoms with E-state index in [2.05, 4.69) is 15.9 Å². The number of carbonyl (C=O) groups is 1. The van der Waals surface area contributed by atoms with E-state index < -0.39 is 0 Å². The Morgan fingerprint density at radius 3 is 2.47 bits per heavy atom. The van der Waals surface area contributed by atoms with Gasteiger partial charge in [0.15, 0.2) is 5.78 Å². The van der Waals surface area contributed by atoms with E-state index in [4.69, 9.17) is 0 Å². The van der Waals surface area contributed by atoms with E-state index in [1.807, 2.05) is 19.9 Å². The standard InChI is InChI=1S/C13H10BrFOS/c1-7-5-11(8(2)17-7)13(16)10-4-3-9(15)6-12(10)14/h3-6H,1-2H3. The van der Waals surface area contributed by atoms with Gasteiger partial charge in [-0.25, -0.2) is 4.39 Å². The van der Waals surface area contributed by atoms with Crippen molar-refractivity contribution < 1.29 is 9.18 Å². The monoisotopic (exact) mass is 312 g/mol. The van der Waals surface area contributed by atoms with E-state index in [1.165, 1.54) is 18.2 Å². The fourth-order valence-corrected chi connectivity index (χ4v) is 3.13. The molecule has 0 fully saturated rings. The summed E-state index contributed by atoms with van der Waals surface area (Å²) in [4.78, 5) is 14.4. The summed E-state index contributed by atoms with van der Waals surface area (Å²) in [5.41, 5.74) is 1.19. The maximum Gasteiger partial charge on any atom is 0.195 e. The molecule has 0 saturated heterocycles. The fraction of sp³-hybridized carbons (Fsp3) is 0.154. The number of thiophene rings is 1. The first-order valence-corrected chi connectivity index (χ1v) is 6.67. The summed E-state index contributed by atoms with van der Waals surface area (Å²) in [6.45, 7) is 3.89. The molecule has 4 heteroatoms. The lowest BCUT2D eigenvalue weighted by atomic mass is 10.0. The summed E-state index contributed by atoms with van der Waals surface area (Å²) in [7, 11) is 0. The Labute approximate surface area is 111 Å². The van der Waals surface area contributed by atoms with Gasteiger partial charge in [-0.2, -0.15) is 0 Å².